The molecule has 0 aliphatic heterocycles. The fourth-order valence-electron chi connectivity index (χ4n) is 6.20. The molecule has 0 heterocycles. The monoisotopic (exact) mass is 572 g/mol. The van der Waals surface area contributed by atoms with E-state index in [0.29, 0.717) is 16.7 Å². The number of hydrogen-bond acceptors (Lipinski definition) is 8. The average Bonchev–Trinajstić information content (AvgIpc) is 2.87. The van der Waals surface area contributed by atoms with Crippen LogP contribution < -0.4 is 9.47 Å². The predicted octanol–water partition coefficient (Wildman–Crippen LogP) is 5.36. The van der Waals surface area contributed by atoms with Gasteiger partial charge in [0.25, 0.3) is 0 Å². The van der Waals surface area contributed by atoms with Gasteiger partial charge < -0.3 is 29.9 Å². The van der Waals surface area contributed by atoms with E-state index in [4.69, 9.17) is 32.7 Å². The number of Topliss-reactive ketones (excluding diaryl/α,β-unsaturated/α-hetero) is 2. The minimum atomic E-state index is -2.58. The van der Waals surface area contributed by atoms with E-state index in [2.05, 4.69) is 0 Å². The first-order valence-corrected chi connectivity index (χ1v) is 12.8. The Morgan fingerprint density at radius 3 is 2.03 bits per heavy atom. The van der Waals surface area contributed by atoms with E-state index in [9.17, 15) is 30.0 Å². The lowest BCUT2D eigenvalue weighted by atomic mass is 9.52. The van der Waals surface area contributed by atoms with Crippen molar-refractivity contribution in [2.45, 2.75) is 38.2 Å². The smallest absolute Gasteiger partial charge is 0.206 e. The Labute approximate surface area is 234 Å². The van der Waals surface area contributed by atoms with Crippen molar-refractivity contribution in [3.05, 3.63) is 62.1 Å². The van der Waals surface area contributed by atoms with Gasteiger partial charge in [0.1, 0.15) is 28.7 Å². The lowest BCUT2D eigenvalue weighted by molar-refractivity contribution is -0.0202. The van der Waals surface area contributed by atoms with Crippen LogP contribution in [0.5, 0.6) is 28.7 Å². The number of carbonyl (C=O) groups excluding carboxylic acids is 2. The van der Waals surface area contributed by atoms with Gasteiger partial charge in [0, 0.05) is 34.7 Å². The molecule has 0 saturated carbocycles. The Kier molecular flexibility index (Phi) is 6.10. The lowest BCUT2D eigenvalue weighted by Gasteiger charge is -2.51. The van der Waals surface area contributed by atoms with Crippen LogP contribution in [0.25, 0.3) is 11.1 Å². The van der Waals surface area contributed by atoms with E-state index < -0.39 is 34.2 Å². The molecule has 0 radical (unpaired) electrons. The minimum Gasteiger partial charge on any atom is -0.508 e. The summed E-state index contributed by atoms with van der Waals surface area (Å²) in [6.45, 7) is 5.08. The van der Waals surface area contributed by atoms with Gasteiger partial charge in [-0.2, -0.15) is 0 Å². The molecule has 3 aromatic rings. The Morgan fingerprint density at radius 2 is 1.41 bits per heavy atom. The van der Waals surface area contributed by atoms with Crippen molar-refractivity contribution >= 4 is 34.8 Å². The number of aliphatic hydroxyl groups is 1. The SMILES string of the molecule is COc1cc(O)c(-c2cc(OC)c(Cl)c3c2C(=O)[C@@]2(O)C(=O)c4c(O)cc(O)cc4C(C)(C)[C@@H]2C3)c(C)c1Cl. The Balaban J connectivity index is 1.86. The summed E-state index contributed by atoms with van der Waals surface area (Å²) in [5.74, 6) is -3.56. The first kappa shape index (κ1) is 27.1. The maximum Gasteiger partial charge on any atom is 0.206 e. The highest BCUT2D eigenvalue weighted by atomic mass is 35.5. The summed E-state index contributed by atoms with van der Waals surface area (Å²) in [5, 5.41) is 44.2. The third-order valence-corrected chi connectivity index (χ3v) is 9.09. The predicted molar refractivity (Wildman–Crippen MR) is 145 cm³/mol. The van der Waals surface area contributed by atoms with Crippen LogP contribution >= 0.6 is 23.2 Å². The normalized spacial score (nSPS) is 21.2. The number of fused-ring (bicyclic) bond motifs is 3. The summed E-state index contributed by atoms with van der Waals surface area (Å²) in [6.07, 6.45) is -0.0289. The first-order valence-electron chi connectivity index (χ1n) is 12.1. The molecule has 4 N–H and O–H groups in total. The van der Waals surface area contributed by atoms with Gasteiger partial charge in [-0.25, -0.2) is 0 Å². The quantitative estimate of drug-likeness (QED) is 0.308. The molecule has 204 valence electrons. The number of phenolic OH excluding ortho intramolecular Hbond substituents is 3. The molecule has 0 spiro atoms. The van der Waals surface area contributed by atoms with E-state index in [-0.39, 0.29) is 61.7 Å². The molecule has 0 amide bonds. The van der Waals surface area contributed by atoms with Crippen LogP contribution in [-0.4, -0.2) is 51.8 Å². The van der Waals surface area contributed by atoms with Crippen LogP contribution in [0.2, 0.25) is 10.0 Å². The molecule has 0 saturated heterocycles. The standard InChI is InChI=1S/C29H26Cl2O8/c1-11-21(17(34)10-19(39-5)24(11)30)13-8-18(38-4)25(31)14-9-20-28(2,3)15-6-12(32)7-16(33)23(15)27(36)29(20,37)26(35)22(13)14/h6-8,10,20,32-34,37H,9H2,1-5H3/t20-,29+/m0/s1. The molecular formula is C29H26Cl2O8. The third-order valence-electron chi connectivity index (χ3n) is 8.21. The van der Waals surface area contributed by atoms with E-state index in [1.807, 2.05) is 0 Å². The zero-order valence-corrected chi connectivity index (χ0v) is 23.3. The van der Waals surface area contributed by atoms with Gasteiger partial charge in [-0.15, -0.1) is 0 Å². The maximum absolute atomic E-state index is 14.4. The fourth-order valence-corrected chi connectivity index (χ4v) is 6.73. The molecule has 2 aliphatic carbocycles. The molecule has 3 aromatic carbocycles. The number of carbonyl (C=O) groups is 2. The molecule has 5 rings (SSSR count). The number of halogens is 2. The number of hydrogen-bond donors (Lipinski definition) is 4. The van der Waals surface area contributed by atoms with Crippen molar-refractivity contribution in [1.29, 1.82) is 0 Å². The van der Waals surface area contributed by atoms with Crippen molar-refractivity contribution in [1.82, 2.24) is 0 Å². The third kappa shape index (κ3) is 3.48. The first-order chi connectivity index (χ1) is 18.2. The highest BCUT2D eigenvalue weighted by Gasteiger charge is 2.64. The molecule has 2 aliphatic rings. The molecule has 2 atom stereocenters. The second kappa shape index (κ2) is 8.78. The second-order valence-electron chi connectivity index (χ2n) is 10.5. The molecule has 0 bridgehead atoms. The summed E-state index contributed by atoms with van der Waals surface area (Å²) in [7, 11) is 2.80. The van der Waals surface area contributed by atoms with Crippen molar-refractivity contribution in [3.8, 4) is 39.9 Å². The second-order valence-corrected chi connectivity index (χ2v) is 11.3. The highest BCUT2D eigenvalue weighted by Crippen LogP contribution is 2.57. The molecular weight excluding hydrogens is 547 g/mol. The summed E-state index contributed by atoms with van der Waals surface area (Å²) in [5.41, 5.74) is -2.61. The van der Waals surface area contributed by atoms with Crippen LogP contribution in [0.4, 0.5) is 0 Å². The Morgan fingerprint density at radius 1 is 0.846 bits per heavy atom. The van der Waals surface area contributed by atoms with E-state index in [1.165, 1.54) is 32.4 Å². The summed E-state index contributed by atoms with van der Waals surface area (Å²) in [4.78, 5) is 28.3. The number of ketones is 2. The van der Waals surface area contributed by atoms with Gasteiger partial charge in [-0.3, -0.25) is 9.59 Å². The molecule has 10 heteroatoms. The number of aromatic hydroxyl groups is 3. The van der Waals surface area contributed by atoms with Crippen molar-refractivity contribution < 1.29 is 39.5 Å². The molecule has 0 unspecified atom stereocenters. The average molecular weight is 573 g/mol. The summed E-state index contributed by atoms with van der Waals surface area (Å²) < 4.78 is 10.7. The molecule has 0 fully saturated rings. The van der Waals surface area contributed by atoms with Crippen LogP contribution in [0.15, 0.2) is 24.3 Å². The maximum atomic E-state index is 14.4. The van der Waals surface area contributed by atoms with Crippen LogP contribution in [-0.2, 0) is 11.8 Å². The van der Waals surface area contributed by atoms with Gasteiger partial charge >= 0.3 is 0 Å². The minimum absolute atomic E-state index is 0.0289. The molecule has 39 heavy (non-hydrogen) atoms. The number of benzene rings is 3. The van der Waals surface area contributed by atoms with Gasteiger partial charge in [-0.05, 0) is 47.6 Å². The van der Waals surface area contributed by atoms with Gasteiger partial charge in [0.15, 0.2) is 5.60 Å². The summed E-state index contributed by atoms with van der Waals surface area (Å²) in [6, 6.07) is 5.10. The zero-order valence-electron chi connectivity index (χ0n) is 21.8. The van der Waals surface area contributed by atoms with Crippen LogP contribution in [0, 0.1) is 12.8 Å². The number of methoxy groups -OCH3 is 2. The molecule has 8 nitrogen and oxygen atoms in total. The van der Waals surface area contributed by atoms with E-state index in [1.54, 1.807) is 20.8 Å². The Bertz CT molecular complexity index is 1610. The van der Waals surface area contributed by atoms with Crippen LogP contribution in [0.3, 0.4) is 0 Å². The van der Waals surface area contributed by atoms with E-state index >= 15 is 0 Å². The fraction of sp³-hybridized carbons (Fsp3) is 0.310. The van der Waals surface area contributed by atoms with Crippen molar-refractivity contribution in [2.75, 3.05) is 14.2 Å². The van der Waals surface area contributed by atoms with Crippen molar-refractivity contribution in [2.24, 2.45) is 5.92 Å². The lowest BCUT2D eigenvalue weighted by Crippen LogP contribution is -2.64. The number of rotatable bonds is 3. The largest absolute Gasteiger partial charge is 0.508 e. The van der Waals surface area contributed by atoms with E-state index in [0.717, 1.165) is 6.07 Å². The number of ether oxygens (including phenoxy) is 2. The zero-order chi connectivity index (χ0) is 28.8. The Hall–Kier alpha value is -3.46. The number of phenols is 3. The summed E-state index contributed by atoms with van der Waals surface area (Å²) >= 11 is 13.2. The topological polar surface area (TPSA) is 134 Å². The highest BCUT2D eigenvalue weighted by molar-refractivity contribution is 6.36. The van der Waals surface area contributed by atoms with Crippen LogP contribution in [0.1, 0.15) is 51.3 Å². The van der Waals surface area contributed by atoms with Gasteiger partial charge in [0.05, 0.1) is 29.8 Å². The van der Waals surface area contributed by atoms with Gasteiger partial charge in [-0.1, -0.05) is 37.0 Å². The van der Waals surface area contributed by atoms with Gasteiger partial charge in [0.2, 0.25) is 11.6 Å². The molecule has 0 aromatic heterocycles. The van der Waals surface area contributed by atoms with Crippen molar-refractivity contribution in [3.63, 3.8) is 0 Å².